The maximum atomic E-state index is 13.4. The predicted molar refractivity (Wildman–Crippen MR) is 134 cm³/mol. The molecule has 0 spiro atoms. The van der Waals surface area contributed by atoms with E-state index in [0.717, 1.165) is 21.2 Å². The second-order valence-electron chi connectivity index (χ2n) is 8.13. The molecule has 0 saturated carbocycles. The minimum Gasteiger partial charge on any atom is -0.312 e. The predicted octanol–water partition coefficient (Wildman–Crippen LogP) is 6.03. The number of nitrogens with zero attached hydrogens (tertiary/aromatic N) is 4. The smallest absolute Gasteiger partial charge is 0.312 e. The Morgan fingerprint density at radius 1 is 0.943 bits per heavy atom. The Hall–Kier alpha value is -3.76. The highest BCUT2D eigenvalue weighted by atomic mass is 32.2. The number of amides is 3. The standard InChI is InChI=1S/C25H18FN5O2S2/c26-16-9-11-17(12-10-16)30-14-15(13-22(30)32)23-28-29-24(35-23)27-25(33)31-18-5-1-3-7-20(18)34-21-8-4-2-6-19(21)31/h1-12,15H,13-14H2,(H,27,29,33). The van der Waals surface area contributed by atoms with Crippen molar-refractivity contribution in [1.29, 1.82) is 0 Å². The topological polar surface area (TPSA) is 78.4 Å². The first-order valence-corrected chi connectivity index (χ1v) is 12.6. The van der Waals surface area contributed by atoms with Gasteiger partial charge < -0.3 is 4.90 Å². The molecule has 1 saturated heterocycles. The highest BCUT2D eigenvalue weighted by molar-refractivity contribution is 7.99. The van der Waals surface area contributed by atoms with E-state index >= 15 is 0 Å². The number of rotatable bonds is 3. The number of fused-ring (bicyclic) bond motifs is 2. The van der Waals surface area contributed by atoms with Crippen LogP contribution in [0.2, 0.25) is 0 Å². The molecule has 174 valence electrons. The highest BCUT2D eigenvalue weighted by Crippen LogP contribution is 2.48. The van der Waals surface area contributed by atoms with Crippen LogP contribution in [-0.2, 0) is 4.79 Å². The normalized spacial score (nSPS) is 16.7. The highest BCUT2D eigenvalue weighted by Gasteiger charge is 2.34. The lowest BCUT2D eigenvalue weighted by Crippen LogP contribution is -2.32. The molecule has 0 bridgehead atoms. The lowest BCUT2D eigenvalue weighted by atomic mass is 10.1. The van der Waals surface area contributed by atoms with E-state index in [1.165, 1.54) is 23.5 Å². The Morgan fingerprint density at radius 2 is 1.60 bits per heavy atom. The zero-order chi connectivity index (χ0) is 23.9. The number of carbonyl (C=O) groups is 2. The maximum Gasteiger partial charge on any atom is 0.332 e. The van der Waals surface area contributed by atoms with Crippen LogP contribution in [0.5, 0.6) is 0 Å². The summed E-state index contributed by atoms with van der Waals surface area (Å²) in [6.07, 6.45) is 0.282. The number of hydrogen-bond donors (Lipinski definition) is 1. The monoisotopic (exact) mass is 503 g/mol. The summed E-state index contributed by atoms with van der Waals surface area (Å²) in [6.45, 7) is 0.428. The number of carbonyl (C=O) groups excluding carboxylic acids is 2. The summed E-state index contributed by atoms with van der Waals surface area (Å²) < 4.78 is 13.3. The van der Waals surface area contributed by atoms with Crippen LogP contribution >= 0.6 is 23.1 Å². The van der Waals surface area contributed by atoms with Gasteiger partial charge in [-0.15, -0.1) is 10.2 Å². The first-order chi connectivity index (χ1) is 17.1. The van der Waals surface area contributed by atoms with Crippen LogP contribution in [0.3, 0.4) is 0 Å². The van der Waals surface area contributed by atoms with Crippen molar-refractivity contribution in [3.05, 3.63) is 83.6 Å². The number of benzene rings is 3. The van der Waals surface area contributed by atoms with Gasteiger partial charge in [0.05, 0.1) is 11.4 Å². The fourth-order valence-electron chi connectivity index (χ4n) is 4.26. The Labute approximate surface area is 208 Å². The van der Waals surface area contributed by atoms with Gasteiger partial charge >= 0.3 is 6.03 Å². The quantitative estimate of drug-likeness (QED) is 0.369. The number of aromatic nitrogens is 2. The molecule has 4 aromatic rings. The van der Waals surface area contributed by atoms with E-state index in [1.807, 2.05) is 48.5 Å². The zero-order valence-corrected chi connectivity index (χ0v) is 19.9. The van der Waals surface area contributed by atoms with E-state index in [0.29, 0.717) is 22.4 Å². The Morgan fingerprint density at radius 3 is 2.29 bits per heavy atom. The van der Waals surface area contributed by atoms with E-state index in [9.17, 15) is 14.0 Å². The van der Waals surface area contributed by atoms with Gasteiger partial charge in [0.25, 0.3) is 0 Å². The number of anilines is 4. The number of urea groups is 1. The third kappa shape index (κ3) is 4.04. The zero-order valence-electron chi connectivity index (χ0n) is 18.2. The molecule has 3 heterocycles. The average molecular weight is 504 g/mol. The molecule has 0 radical (unpaired) electrons. The van der Waals surface area contributed by atoms with Crippen LogP contribution in [0.15, 0.2) is 82.6 Å². The van der Waals surface area contributed by atoms with Crippen LogP contribution in [0.1, 0.15) is 17.3 Å². The maximum absolute atomic E-state index is 13.4. The second-order valence-corrected chi connectivity index (χ2v) is 10.2. The van der Waals surface area contributed by atoms with E-state index < -0.39 is 0 Å². The van der Waals surface area contributed by atoms with Crippen molar-refractivity contribution < 1.29 is 14.0 Å². The molecule has 1 fully saturated rings. The van der Waals surface area contributed by atoms with E-state index in [4.69, 9.17) is 0 Å². The van der Waals surface area contributed by atoms with Gasteiger partial charge in [-0.3, -0.25) is 15.0 Å². The average Bonchev–Trinajstić information content (AvgIpc) is 3.49. The number of nitrogens with one attached hydrogen (secondary N) is 1. The van der Waals surface area contributed by atoms with Crippen LogP contribution < -0.4 is 15.1 Å². The number of hydrogen-bond acceptors (Lipinski definition) is 6. The summed E-state index contributed by atoms with van der Waals surface area (Å²) in [6, 6.07) is 21.0. The molecular formula is C25H18FN5O2S2. The van der Waals surface area contributed by atoms with E-state index in [1.54, 1.807) is 33.7 Å². The molecule has 1 N–H and O–H groups in total. The number of para-hydroxylation sites is 2. The lowest BCUT2D eigenvalue weighted by molar-refractivity contribution is -0.117. The van der Waals surface area contributed by atoms with Crippen molar-refractivity contribution in [3.63, 3.8) is 0 Å². The van der Waals surface area contributed by atoms with Crippen molar-refractivity contribution in [1.82, 2.24) is 10.2 Å². The Kier molecular flexibility index (Phi) is 5.46. The third-order valence-corrected chi connectivity index (χ3v) is 8.03. The van der Waals surface area contributed by atoms with Crippen LogP contribution in [0.25, 0.3) is 0 Å². The molecule has 0 aliphatic carbocycles. The molecule has 6 rings (SSSR count). The molecular weight excluding hydrogens is 485 g/mol. The van der Waals surface area contributed by atoms with Gasteiger partial charge in [-0.2, -0.15) is 0 Å². The SMILES string of the molecule is O=C1CC(c2nnc(NC(=O)N3c4ccccc4Sc4ccccc43)s2)CN1c1ccc(F)cc1. The summed E-state index contributed by atoms with van der Waals surface area (Å²) in [5.74, 6) is -0.552. The van der Waals surface area contributed by atoms with Crippen LogP contribution in [0, 0.1) is 5.82 Å². The second kappa shape index (κ2) is 8.79. The largest absolute Gasteiger partial charge is 0.332 e. The Balaban J connectivity index is 1.21. The molecule has 3 amide bonds. The molecule has 2 aliphatic heterocycles. The van der Waals surface area contributed by atoms with Gasteiger partial charge in [0.2, 0.25) is 11.0 Å². The first-order valence-electron chi connectivity index (χ1n) is 10.9. The fraction of sp³-hybridized carbons (Fsp3) is 0.120. The minimum absolute atomic E-state index is 0.0542. The molecule has 35 heavy (non-hydrogen) atoms. The van der Waals surface area contributed by atoms with Gasteiger partial charge in [-0.1, -0.05) is 47.4 Å². The van der Waals surface area contributed by atoms with E-state index in [-0.39, 0.29) is 30.1 Å². The van der Waals surface area contributed by atoms with Crippen LogP contribution in [0.4, 0.5) is 31.4 Å². The van der Waals surface area contributed by atoms with Crippen molar-refractivity contribution >= 4 is 57.2 Å². The molecule has 3 aromatic carbocycles. The lowest BCUT2D eigenvalue weighted by Gasteiger charge is -2.30. The van der Waals surface area contributed by atoms with Crippen LogP contribution in [-0.4, -0.2) is 28.7 Å². The molecule has 1 atom stereocenters. The van der Waals surface area contributed by atoms with Gasteiger partial charge in [-0.05, 0) is 48.5 Å². The summed E-state index contributed by atoms with van der Waals surface area (Å²) in [7, 11) is 0. The number of halogens is 1. The molecule has 1 unspecified atom stereocenters. The van der Waals surface area contributed by atoms with Crippen molar-refractivity contribution in [2.45, 2.75) is 22.1 Å². The minimum atomic E-state index is -0.348. The summed E-state index contributed by atoms with van der Waals surface area (Å²) in [4.78, 5) is 31.2. The fourth-order valence-corrected chi connectivity index (χ4v) is 6.15. The summed E-state index contributed by atoms with van der Waals surface area (Å²) >= 11 is 2.89. The Bertz CT molecular complexity index is 1400. The summed E-state index contributed by atoms with van der Waals surface area (Å²) in [5.41, 5.74) is 2.25. The van der Waals surface area contributed by atoms with Gasteiger partial charge in [0.1, 0.15) is 10.8 Å². The van der Waals surface area contributed by atoms with Crippen molar-refractivity contribution in [2.24, 2.45) is 0 Å². The van der Waals surface area contributed by atoms with Gasteiger partial charge in [-0.25, -0.2) is 9.18 Å². The van der Waals surface area contributed by atoms with Crippen molar-refractivity contribution in [2.75, 3.05) is 21.7 Å². The van der Waals surface area contributed by atoms with Gasteiger partial charge in [0.15, 0.2) is 0 Å². The molecule has 2 aliphatic rings. The molecule has 1 aromatic heterocycles. The molecule has 7 nitrogen and oxygen atoms in total. The first kappa shape index (κ1) is 21.8. The third-order valence-electron chi connectivity index (χ3n) is 5.90. The van der Waals surface area contributed by atoms with E-state index in [2.05, 4.69) is 15.5 Å². The van der Waals surface area contributed by atoms with Gasteiger partial charge in [0, 0.05) is 34.4 Å². The summed E-state index contributed by atoms with van der Waals surface area (Å²) in [5, 5.41) is 12.3. The van der Waals surface area contributed by atoms with Crippen molar-refractivity contribution in [3.8, 4) is 0 Å². The molecule has 10 heteroatoms.